The fourth-order valence-corrected chi connectivity index (χ4v) is 2.39. The van der Waals surface area contributed by atoms with Gasteiger partial charge in [-0.2, -0.15) is 0 Å². The van der Waals surface area contributed by atoms with Crippen molar-refractivity contribution in [2.75, 3.05) is 12.3 Å². The fourth-order valence-electron chi connectivity index (χ4n) is 1.54. The van der Waals surface area contributed by atoms with Crippen molar-refractivity contribution in [1.82, 2.24) is 10.3 Å². The van der Waals surface area contributed by atoms with Crippen LogP contribution < -0.4 is 5.43 Å². The first-order valence-electron chi connectivity index (χ1n) is 5.69. The van der Waals surface area contributed by atoms with E-state index in [9.17, 15) is 9.59 Å². The molecule has 0 spiro atoms. The van der Waals surface area contributed by atoms with E-state index in [1.807, 2.05) is 6.07 Å². The molecule has 0 aromatic heterocycles. The Kier molecular flexibility index (Phi) is 4.35. The summed E-state index contributed by atoms with van der Waals surface area (Å²) in [5, 5.41) is 4.48. The van der Waals surface area contributed by atoms with E-state index >= 15 is 0 Å². The highest BCUT2D eigenvalue weighted by atomic mass is 32.2. The third-order valence-electron chi connectivity index (χ3n) is 2.46. The summed E-state index contributed by atoms with van der Waals surface area (Å²) in [5.74, 6) is 0.0117. The maximum atomic E-state index is 11.8. The molecule has 1 aromatic rings. The molecule has 0 aliphatic carbocycles. The number of hydrogen-bond acceptors (Lipinski definition) is 4. The average Bonchev–Trinajstić information content (AvgIpc) is 2.79. The molecule has 1 aliphatic heterocycles. The largest absolute Gasteiger partial charge is 0.285 e. The molecule has 2 amide bonds. The van der Waals surface area contributed by atoms with Gasteiger partial charge in [-0.15, -0.1) is 11.7 Å². The quantitative estimate of drug-likeness (QED) is 0.668. The van der Waals surface area contributed by atoms with E-state index in [-0.39, 0.29) is 11.8 Å². The van der Waals surface area contributed by atoms with Crippen LogP contribution in [0.4, 0.5) is 0 Å². The molecule has 1 aromatic carbocycles. The van der Waals surface area contributed by atoms with Crippen LogP contribution in [0.1, 0.15) is 10.4 Å². The maximum absolute atomic E-state index is 11.8. The lowest BCUT2D eigenvalue weighted by molar-refractivity contribution is -0.123. The van der Waals surface area contributed by atoms with E-state index in [1.54, 1.807) is 30.3 Å². The number of hydrazone groups is 1. The van der Waals surface area contributed by atoms with Crippen LogP contribution in [-0.2, 0) is 4.79 Å². The molecule has 5 nitrogen and oxygen atoms in total. The van der Waals surface area contributed by atoms with Gasteiger partial charge in [-0.1, -0.05) is 36.0 Å². The Morgan fingerprint density at radius 2 is 2.21 bits per heavy atom. The van der Waals surface area contributed by atoms with Crippen LogP contribution in [0.5, 0.6) is 0 Å². The predicted octanol–water partition coefficient (Wildman–Crippen LogP) is 1.45. The van der Waals surface area contributed by atoms with E-state index in [0.717, 1.165) is 0 Å². The number of amidine groups is 1. The standard InChI is InChI=1S/C13H13N3O2S/c1-2-8-16-11(17)9-19-13(16)15-14-12(18)10-6-4-3-5-7-10/h2-7H,1,8-9H2,(H,14,18)/b15-13+. The number of nitrogens with one attached hydrogen (secondary N) is 1. The van der Waals surface area contributed by atoms with Crippen LogP contribution in [-0.4, -0.2) is 34.2 Å². The first-order valence-corrected chi connectivity index (χ1v) is 6.68. The SMILES string of the molecule is C=CCN1C(=O)CS/C1=N/NC(=O)c1ccccc1. The molecule has 0 atom stereocenters. The Morgan fingerprint density at radius 1 is 1.47 bits per heavy atom. The molecule has 1 aliphatic rings. The second kappa shape index (κ2) is 6.19. The monoisotopic (exact) mass is 275 g/mol. The van der Waals surface area contributed by atoms with Crippen molar-refractivity contribution in [3.05, 3.63) is 48.6 Å². The van der Waals surface area contributed by atoms with Crippen molar-refractivity contribution in [2.24, 2.45) is 5.10 Å². The summed E-state index contributed by atoms with van der Waals surface area (Å²) in [6.07, 6.45) is 1.62. The van der Waals surface area contributed by atoms with E-state index in [4.69, 9.17) is 0 Å². The molecule has 6 heteroatoms. The van der Waals surface area contributed by atoms with Gasteiger partial charge in [0, 0.05) is 12.1 Å². The molecular weight excluding hydrogens is 262 g/mol. The van der Waals surface area contributed by atoms with E-state index in [0.29, 0.717) is 23.0 Å². The molecule has 1 saturated heterocycles. The maximum Gasteiger partial charge on any atom is 0.271 e. The second-order valence-electron chi connectivity index (χ2n) is 3.78. The smallest absolute Gasteiger partial charge is 0.271 e. The molecule has 0 bridgehead atoms. The highest BCUT2D eigenvalue weighted by Gasteiger charge is 2.27. The number of carbonyl (C=O) groups is 2. The predicted molar refractivity (Wildman–Crippen MR) is 75.7 cm³/mol. The lowest BCUT2D eigenvalue weighted by Crippen LogP contribution is -2.31. The molecule has 0 radical (unpaired) electrons. The number of hydrogen-bond donors (Lipinski definition) is 1. The van der Waals surface area contributed by atoms with Crippen molar-refractivity contribution < 1.29 is 9.59 Å². The molecule has 2 rings (SSSR count). The Bertz CT molecular complexity index is 528. The lowest BCUT2D eigenvalue weighted by Gasteiger charge is -2.12. The van der Waals surface area contributed by atoms with Gasteiger partial charge in [0.1, 0.15) is 0 Å². The van der Waals surface area contributed by atoms with Crippen LogP contribution in [0, 0.1) is 0 Å². The average molecular weight is 275 g/mol. The number of benzene rings is 1. The number of nitrogens with zero attached hydrogens (tertiary/aromatic N) is 2. The number of carbonyl (C=O) groups excluding carboxylic acids is 2. The fraction of sp³-hybridized carbons (Fsp3) is 0.154. The summed E-state index contributed by atoms with van der Waals surface area (Å²) < 4.78 is 0. The zero-order valence-corrected chi connectivity index (χ0v) is 11.0. The third kappa shape index (κ3) is 3.23. The molecule has 1 fully saturated rings. The number of amides is 2. The van der Waals surface area contributed by atoms with E-state index in [1.165, 1.54) is 16.7 Å². The molecule has 1 heterocycles. The molecule has 98 valence electrons. The van der Waals surface area contributed by atoms with Gasteiger partial charge in [0.15, 0.2) is 5.17 Å². The first-order chi connectivity index (χ1) is 9.22. The van der Waals surface area contributed by atoms with Gasteiger partial charge in [0.25, 0.3) is 5.91 Å². The van der Waals surface area contributed by atoms with Gasteiger partial charge in [-0.3, -0.25) is 14.5 Å². The summed E-state index contributed by atoms with van der Waals surface area (Å²) in [5.41, 5.74) is 2.97. The van der Waals surface area contributed by atoms with Gasteiger partial charge in [0.05, 0.1) is 5.75 Å². The summed E-state index contributed by atoms with van der Waals surface area (Å²) in [6.45, 7) is 3.99. The Hall–Kier alpha value is -2.08. The van der Waals surface area contributed by atoms with Gasteiger partial charge in [0.2, 0.25) is 5.91 Å². The summed E-state index contributed by atoms with van der Waals surface area (Å²) in [4.78, 5) is 24.8. The van der Waals surface area contributed by atoms with Crippen LogP contribution in [0.25, 0.3) is 0 Å². The number of thioether (sulfide) groups is 1. The molecule has 1 N–H and O–H groups in total. The Balaban J connectivity index is 2.04. The summed E-state index contributed by atoms with van der Waals surface area (Å²) >= 11 is 1.30. The minimum atomic E-state index is -0.299. The van der Waals surface area contributed by atoms with Crippen molar-refractivity contribution in [3.63, 3.8) is 0 Å². The van der Waals surface area contributed by atoms with Crippen molar-refractivity contribution in [3.8, 4) is 0 Å². The highest BCUT2D eigenvalue weighted by Crippen LogP contribution is 2.18. The van der Waals surface area contributed by atoms with Crippen molar-refractivity contribution in [2.45, 2.75) is 0 Å². The minimum Gasteiger partial charge on any atom is -0.285 e. The van der Waals surface area contributed by atoms with Gasteiger partial charge < -0.3 is 0 Å². The molecular formula is C13H13N3O2S. The molecule has 0 unspecified atom stereocenters. The zero-order valence-electron chi connectivity index (χ0n) is 10.2. The van der Waals surface area contributed by atoms with Gasteiger partial charge >= 0.3 is 0 Å². The Morgan fingerprint density at radius 3 is 2.89 bits per heavy atom. The topological polar surface area (TPSA) is 61.8 Å². The highest BCUT2D eigenvalue weighted by molar-refractivity contribution is 8.15. The van der Waals surface area contributed by atoms with Gasteiger partial charge in [-0.05, 0) is 12.1 Å². The third-order valence-corrected chi connectivity index (χ3v) is 3.42. The summed E-state index contributed by atoms with van der Waals surface area (Å²) in [6, 6.07) is 8.79. The summed E-state index contributed by atoms with van der Waals surface area (Å²) in [7, 11) is 0. The first kappa shape index (κ1) is 13.4. The second-order valence-corrected chi connectivity index (χ2v) is 4.73. The van der Waals surface area contributed by atoms with E-state index < -0.39 is 0 Å². The van der Waals surface area contributed by atoms with E-state index in [2.05, 4.69) is 17.1 Å². The lowest BCUT2D eigenvalue weighted by atomic mass is 10.2. The van der Waals surface area contributed by atoms with Crippen LogP contribution in [0.3, 0.4) is 0 Å². The minimum absolute atomic E-state index is 0.0300. The van der Waals surface area contributed by atoms with Crippen molar-refractivity contribution in [1.29, 1.82) is 0 Å². The molecule has 0 saturated carbocycles. The van der Waals surface area contributed by atoms with Gasteiger partial charge in [-0.25, -0.2) is 5.43 Å². The Labute approximate surface area is 115 Å². The van der Waals surface area contributed by atoms with Crippen LogP contribution in [0.15, 0.2) is 48.1 Å². The van der Waals surface area contributed by atoms with Crippen LogP contribution >= 0.6 is 11.8 Å². The van der Waals surface area contributed by atoms with Crippen molar-refractivity contribution >= 4 is 28.7 Å². The molecule has 19 heavy (non-hydrogen) atoms. The zero-order chi connectivity index (χ0) is 13.7. The number of rotatable bonds is 4. The van der Waals surface area contributed by atoms with Crippen LogP contribution in [0.2, 0.25) is 0 Å². The normalized spacial score (nSPS) is 16.7.